The van der Waals surface area contributed by atoms with E-state index in [0.29, 0.717) is 5.95 Å². The zero-order valence-electron chi connectivity index (χ0n) is 26.8. The maximum Gasteiger partial charge on any atom is 0.235 e. The van der Waals surface area contributed by atoms with Gasteiger partial charge in [-0.2, -0.15) is 0 Å². The molecule has 1 aliphatic rings. The summed E-state index contributed by atoms with van der Waals surface area (Å²) in [5.41, 5.74) is 10.0. The van der Waals surface area contributed by atoms with Crippen LogP contribution >= 0.6 is 11.3 Å². The van der Waals surface area contributed by atoms with E-state index in [9.17, 15) is 0 Å². The Morgan fingerprint density at radius 1 is 0.440 bits per heavy atom. The SMILES string of the molecule is c1ccc2cc(-c3ccc(-c4nc(N5c6cc7ccccc7cc6-c6cccc7cccc5c67)nc5c4sc4ccccc45)cc3)ccc2c1. The van der Waals surface area contributed by atoms with Crippen molar-refractivity contribution < 1.29 is 0 Å². The summed E-state index contributed by atoms with van der Waals surface area (Å²) in [6, 6.07) is 59.1. The standard InChI is InChI=1S/C46H27N3S/c1-2-10-32-25-35(24-21-28(32)9-1)29-19-22-31(23-20-29)43-45-44(37-15-5-6-18-41(37)50-45)48-46(47-43)49-39-17-8-14-30-13-7-16-36(42(30)39)38-26-33-11-3-4-12-34(33)27-40(38)49/h1-27H. The largest absolute Gasteiger partial charge is 0.278 e. The van der Waals surface area contributed by atoms with Gasteiger partial charge in [0.2, 0.25) is 5.95 Å². The highest BCUT2D eigenvalue weighted by molar-refractivity contribution is 7.26. The van der Waals surface area contributed by atoms with E-state index >= 15 is 0 Å². The van der Waals surface area contributed by atoms with Gasteiger partial charge in [-0.25, -0.2) is 9.97 Å². The molecule has 3 nitrogen and oxygen atoms in total. The lowest BCUT2D eigenvalue weighted by Gasteiger charge is -2.32. The Kier molecular flexibility index (Phi) is 5.83. The normalized spacial score (nSPS) is 12.4. The van der Waals surface area contributed by atoms with Crippen LogP contribution in [0.2, 0.25) is 0 Å². The quantitative estimate of drug-likeness (QED) is 0.190. The van der Waals surface area contributed by atoms with Gasteiger partial charge in [0, 0.05) is 26.6 Å². The van der Waals surface area contributed by atoms with E-state index in [0.717, 1.165) is 38.2 Å². The Labute approximate surface area is 292 Å². The van der Waals surface area contributed by atoms with Gasteiger partial charge in [0.05, 0.1) is 27.3 Å². The van der Waals surface area contributed by atoms with Crippen LogP contribution in [-0.4, -0.2) is 9.97 Å². The Morgan fingerprint density at radius 3 is 1.94 bits per heavy atom. The molecule has 0 saturated carbocycles. The molecular weight excluding hydrogens is 627 g/mol. The third-order valence-electron chi connectivity index (χ3n) is 10.2. The highest BCUT2D eigenvalue weighted by atomic mass is 32.1. The lowest BCUT2D eigenvalue weighted by atomic mass is 9.89. The van der Waals surface area contributed by atoms with Gasteiger partial charge in [-0.05, 0) is 74.0 Å². The highest BCUT2D eigenvalue weighted by Crippen LogP contribution is 2.52. The molecule has 8 aromatic carbocycles. The van der Waals surface area contributed by atoms with Crippen molar-refractivity contribution in [2.75, 3.05) is 4.90 Å². The number of fused-ring (bicyclic) bond motifs is 7. The number of benzene rings is 8. The fraction of sp³-hybridized carbons (Fsp3) is 0. The van der Waals surface area contributed by atoms with Crippen molar-refractivity contribution in [2.45, 2.75) is 0 Å². The lowest BCUT2D eigenvalue weighted by molar-refractivity contribution is 1.12. The molecule has 0 N–H and O–H groups in total. The van der Waals surface area contributed by atoms with Crippen LogP contribution in [0.4, 0.5) is 17.3 Å². The molecule has 4 heteroatoms. The van der Waals surface area contributed by atoms with Gasteiger partial charge in [0.15, 0.2) is 0 Å². The lowest BCUT2D eigenvalue weighted by Crippen LogP contribution is -2.18. The van der Waals surface area contributed by atoms with E-state index < -0.39 is 0 Å². The first-order chi connectivity index (χ1) is 24.8. The van der Waals surface area contributed by atoms with E-state index in [2.05, 4.69) is 169 Å². The zero-order valence-corrected chi connectivity index (χ0v) is 27.7. The minimum atomic E-state index is 0.674. The van der Waals surface area contributed by atoms with Crippen LogP contribution < -0.4 is 4.90 Å². The molecular formula is C46H27N3S. The third-order valence-corrected chi connectivity index (χ3v) is 11.3. The molecule has 0 unspecified atom stereocenters. The average molecular weight is 654 g/mol. The summed E-state index contributed by atoms with van der Waals surface area (Å²) in [4.78, 5) is 13.2. The smallest absolute Gasteiger partial charge is 0.235 e. The van der Waals surface area contributed by atoms with Crippen molar-refractivity contribution in [1.29, 1.82) is 0 Å². The highest BCUT2D eigenvalue weighted by Gasteiger charge is 2.29. The Hall–Kier alpha value is -6.36. The van der Waals surface area contributed by atoms with E-state index in [1.54, 1.807) is 11.3 Å². The van der Waals surface area contributed by atoms with Crippen molar-refractivity contribution in [3.05, 3.63) is 164 Å². The molecule has 2 aromatic heterocycles. The Bertz CT molecular complexity index is 2990. The van der Waals surface area contributed by atoms with Gasteiger partial charge >= 0.3 is 0 Å². The molecule has 0 aliphatic carbocycles. The first kappa shape index (κ1) is 27.6. The maximum absolute atomic E-state index is 5.50. The second-order valence-electron chi connectivity index (χ2n) is 13.0. The Balaban J connectivity index is 1.16. The first-order valence-electron chi connectivity index (χ1n) is 16.9. The minimum Gasteiger partial charge on any atom is -0.278 e. The number of rotatable bonds is 3. The molecule has 0 radical (unpaired) electrons. The maximum atomic E-state index is 5.50. The molecule has 0 spiro atoms. The van der Waals surface area contributed by atoms with Crippen molar-refractivity contribution in [1.82, 2.24) is 9.97 Å². The fourth-order valence-electron chi connectivity index (χ4n) is 7.77. The van der Waals surface area contributed by atoms with E-state index in [1.165, 1.54) is 59.3 Å². The van der Waals surface area contributed by atoms with E-state index in [4.69, 9.17) is 9.97 Å². The van der Waals surface area contributed by atoms with Crippen molar-refractivity contribution in [2.24, 2.45) is 0 Å². The first-order valence-corrected chi connectivity index (χ1v) is 17.7. The van der Waals surface area contributed by atoms with Gasteiger partial charge < -0.3 is 0 Å². The van der Waals surface area contributed by atoms with Crippen LogP contribution in [0, 0.1) is 0 Å². The second-order valence-corrected chi connectivity index (χ2v) is 14.1. The van der Waals surface area contributed by atoms with Gasteiger partial charge in [0.25, 0.3) is 0 Å². The molecule has 11 rings (SSSR count). The van der Waals surface area contributed by atoms with Gasteiger partial charge in [-0.3, -0.25) is 4.90 Å². The molecule has 0 fully saturated rings. The number of nitrogens with zero attached hydrogens (tertiary/aromatic N) is 3. The topological polar surface area (TPSA) is 29.0 Å². The number of anilines is 3. The molecule has 232 valence electrons. The van der Waals surface area contributed by atoms with Crippen LogP contribution in [0.25, 0.3) is 86.1 Å². The predicted octanol–water partition coefficient (Wildman–Crippen LogP) is 13.1. The molecule has 1 aliphatic heterocycles. The van der Waals surface area contributed by atoms with E-state index in [-0.39, 0.29) is 0 Å². The Morgan fingerprint density at radius 2 is 1.10 bits per heavy atom. The summed E-state index contributed by atoms with van der Waals surface area (Å²) in [5.74, 6) is 0.674. The second kappa shape index (κ2) is 10.6. The third kappa shape index (κ3) is 4.09. The number of thiophene rings is 1. The molecule has 0 amide bonds. The summed E-state index contributed by atoms with van der Waals surface area (Å²) in [5, 5.41) is 8.48. The molecule has 10 aromatic rings. The summed E-state index contributed by atoms with van der Waals surface area (Å²) < 4.78 is 2.31. The molecule has 50 heavy (non-hydrogen) atoms. The van der Waals surface area contributed by atoms with Gasteiger partial charge in [0.1, 0.15) is 0 Å². The summed E-state index contributed by atoms with van der Waals surface area (Å²) >= 11 is 1.77. The van der Waals surface area contributed by atoms with E-state index in [1.807, 2.05) is 0 Å². The summed E-state index contributed by atoms with van der Waals surface area (Å²) in [6.45, 7) is 0. The number of aromatic nitrogens is 2. The predicted molar refractivity (Wildman–Crippen MR) is 212 cm³/mol. The monoisotopic (exact) mass is 653 g/mol. The molecule has 0 saturated heterocycles. The van der Waals surface area contributed by atoms with Crippen molar-refractivity contribution >= 4 is 81.3 Å². The molecule has 0 bridgehead atoms. The zero-order chi connectivity index (χ0) is 32.8. The molecule has 0 atom stereocenters. The van der Waals surface area contributed by atoms with Crippen LogP contribution in [0.3, 0.4) is 0 Å². The number of hydrogen-bond donors (Lipinski definition) is 0. The van der Waals surface area contributed by atoms with Gasteiger partial charge in [-0.1, -0.05) is 133 Å². The van der Waals surface area contributed by atoms with Crippen LogP contribution in [0.5, 0.6) is 0 Å². The number of hydrogen-bond acceptors (Lipinski definition) is 4. The van der Waals surface area contributed by atoms with Crippen LogP contribution in [-0.2, 0) is 0 Å². The van der Waals surface area contributed by atoms with Gasteiger partial charge in [-0.15, -0.1) is 11.3 Å². The van der Waals surface area contributed by atoms with Crippen molar-refractivity contribution in [3.8, 4) is 33.5 Å². The average Bonchev–Trinajstić information content (AvgIpc) is 3.56. The van der Waals surface area contributed by atoms with Crippen LogP contribution in [0.1, 0.15) is 0 Å². The molecule has 3 heterocycles. The van der Waals surface area contributed by atoms with Crippen LogP contribution in [0.15, 0.2) is 164 Å². The summed E-state index contributed by atoms with van der Waals surface area (Å²) in [7, 11) is 0. The fourth-order valence-corrected chi connectivity index (χ4v) is 8.92. The summed E-state index contributed by atoms with van der Waals surface area (Å²) in [6.07, 6.45) is 0. The van der Waals surface area contributed by atoms with Crippen molar-refractivity contribution in [3.63, 3.8) is 0 Å². The minimum absolute atomic E-state index is 0.674.